The standard InChI is InChI=1S/C9H14NO.C9H13N/c1-6-5-10(11)9(4)8(3)7(6)2;1-6-5-10-9(4)8(3)7(6)2/h5,11H,1-4H3;5H,1-4H3/q+1;. The molecule has 0 fully saturated rings. The quantitative estimate of drug-likeness (QED) is 0.591. The third-order valence-corrected chi connectivity index (χ3v) is 4.50. The van der Waals surface area contributed by atoms with Crippen LogP contribution in [0.1, 0.15) is 44.8 Å². The van der Waals surface area contributed by atoms with Gasteiger partial charge in [0.1, 0.15) is 0 Å². The van der Waals surface area contributed by atoms with Gasteiger partial charge in [0.25, 0.3) is 0 Å². The molecule has 2 heterocycles. The lowest BCUT2D eigenvalue weighted by Crippen LogP contribution is -2.35. The molecule has 0 unspecified atom stereocenters. The first kappa shape index (κ1) is 17.2. The molecule has 21 heavy (non-hydrogen) atoms. The van der Waals surface area contributed by atoms with E-state index in [9.17, 15) is 5.21 Å². The topological polar surface area (TPSA) is 37.0 Å². The van der Waals surface area contributed by atoms with Gasteiger partial charge >= 0.3 is 0 Å². The van der Waals surface area contributed by atoms with Gasteiger partial charge in [0.05, 0.1) is 0 Å². The van der Waals surface area contributed by atoms with Gasteiger partial charge < -0.3 is 0 Å². The van der Waals surface area contributed by atoms with Gasteiger partial charge in [-0.05, 0) is 70.7 Å². The van der Waals surface area contributed by atoms with E-state index in [2.05, 4.69) is 32.7 Å². The summed E-state index contributed by atoms with van der Waals surface area (Å²) in [6, 6.07) is 0. The Hall–Kier alpha value is -1.90. The Balaban J connectivity index is 0.000000211. The van der Waals surface area contributed by atoms with Crippen molar-refractivity contribution in [2.45, 2.75) is 55.4 Å². The average Bonchev–Trinajstić information content (AvgIpc) is 2.45. The zero-order chi connectivity index (χ0) is 16.3. The number of aryl methyl sites for hydroxylation is 3. The lowest BCUT2D eigenvalue weighted by molar-refractivity contribution is -0.909. The molecule has 2 rings (SSSR count). The maximum Gasteiger partial charge on any atom is 0.234 e. The fourth-order valence-corrected chi connectivity index (χ4v) is 2.07. The maximum atomic E-state index is 9.32. The first-order chi connectivity index (χ1) is 9.66. The molecule has 0 radical (unpaired) electrons. The average molecular weight is 287 g/mol. The largest absolute Gasteiger partial charge is 0.285 e. The van der Waals surface area contributed by atoms with Gasteiger partial charge in [0.2, 0.25) is 11.9 Å². The Labute approximate surface area is 128 Å². The van der Waals surface area contributed by atoms with Gasteiger partial charge in [-0.25, -0.2) is 0 Å². The minimum absolute atomic E-state index is 0.910. The van der Waals surface area contributed by atoms with Crippen molar-refractivity contribution in [3.05, 3.63) is 57.2 Å². The number of aromatic nitrogens is 2. The van der Waals surface area contributed by atoms with Crippen LogP contribution < -0.4 is 4.73 Å². The summed E-state index contributed by atoms with van der Waals surface area (Å²) in [5.41, 5.74) is 9.56. The van der Waals surface area contributed by atoms with Gasteiger partial charge in [0, 0.05) is 34.7 Å². The van der Waals surface area contributed by atoms with E-state index in [0.29, 0.717) is 0 Å². The Morgan fingerprint density at radius 1 is 0.762 bits per heavy atom. The highest BCUT2D eigenvalue weighted by molar-refractivity contribution is 5.32. The normalized spacial score (nSPS) is 10.1. The summed E-state index contributed by atoms with van der Waals surface area (Å²) >= 11 is 0. The Bertz CT molecular complexity index is 608. The summed E-state index contributed by atoms with van der Waals surface area (Å²) in [7, 11) is 0. The fraction of sp³-hybridized carbons (Fsp3) is 0.444. The number of hydrogen-bond donors (Lipinski definition) is 1. The minimum atomic E-state index is 0.910. The Kier molecular flexibility index (Phi) is 5.47. The smallest absolute Gasteiger partial charge is 0.234 e. The highest BCUT2D eigenvalue weighted by atomic mass is 16.5. The van der Waals surface area contributed by atoms with Crippen LogP contribution in [0.2, 0.25) is 0 Å². The SMILES string of the molecule is Cc1c[n+](O)c(C)c(C)c1C.Cc1cnc(C)c(C)c1C. The van der Waals surface area contributed by atoms with Gasteiger partial charge in [0.15, 0.2) is 0 Å². The molecule has 0 spiro atoms. The second kappa shape index (κ2) is 6.70. The van der Waals surface area contributed by atoms with Gasteiger partial charge in [-0.1, -0.05) is 0 Å². The van der Waals surface area contributed by atoms with Crippen molar-refractivity contribution in [1.29, 1.82) is 0 Å². The zero-order valence-electron chi connectivity index (χ0n) is 14.5. The first-order valence-electron chi connectivity index (χ1n) is 7.24. The fourth-order valence-electron chi connectivity index (χ4n) is 2.07. The van der Waals surface area contributed by atoms with Gasteiger partial charge in [-0.3, -0.25) is 10.2 Å². The van der Waals surface area contributed by atoms with Crippen LogP contribution >= 0.6 is 0 Å². The summed E-state index contributed by atoms with van der Waals surface area (Å²) in [5, 5.41) is 9.32. The van der Waals surface area contributed by atoms with E-state index in [1.807, 2.05) is 33.9 Å². The summed E-state index contributed by atoms with van der Waals surface area (Å²) in [5.74, 6) is 0. The lowest BCUT2D eigenvalue weighted by atomic mass is 10.1. The van der Waals surface area contributed by atoms with Gasteiger partial charge in [-0.2, -0.15) is 0 Å². The molecule has 1 N–H and O–H groups in total. The molecule has 0 aliphatic rings. The molecule has 0 aliphatic carbocycles. The van der Waals surface area contributed by atoms with Crippen molar-refractivity contribution in [2.24, 2.45) is 0 Å². The molecule has 0 aliphatic heterocycles. The van der Waals surface area contributed by atoms with Crippen LogP contribution in [-0.4, -0.2) is 10.2 Å². The maximum absolute atomic E-state index is 9.32. The van der Waals surface area contributed by atoms with Crippen LogP contribution in [0.25, 0.3) is 0 Å². The van der Waals surface area contributed by atoms with E-state index < -0.39 is 0 Å². The number of pyridine rings is 2. The van der Waals surface area contributed by atoms with Gasteiger partial charge in [-0.15, -0.1) is 0 Å². The molecule has 3 heteroatoms. The molecule has 0 saturated heterocycles. The predicted octanol–water partition coefficient (Wildman–Crippen LogP) is 3.76. The molecule has 0 aromatic carbocycles. The summed E-state index contributed by atoms with van der Waals surface area (Å²) < 4.78 is 1.18. The highest BCUT2D eigenvalue weighted by Gasteiger charge is 2.12. The second-order valence-corrected chi connectivity index (χ2v) is 5.77. The Morgan fingerprint density at radius 2 is 1.29 bits per heavy atom. The van der Waals surface area contributed by atoms with Crippen molar-refractivity contribution >= 4 is 0 Å². The summed E-state index contributed by atoms with van der Waals surface area (Å²) in [4.78, 5) is 4.24. The van der Waals surface area contributed by atoms with Crippen LogP contribution in [0, 0.1) is 55.4 Å². The Morgan fingerprint density at radius 3 is 1.81 bits per heavy atom. The molecule has 0 amide bonds. The molecule has 2 aromatic rings. The number of rotatable bonds is 0. The molecule has 114 valence electrons. The van der Waals surface area contributed by atoms with Crippen LogP contribution in [0.15, 0.2) is 12.4 Å². The molecule has 2 aromatic heterocycles. The van der Waals surface area contributed by atoms with E-state index in [4.69, 9.17) is 0 Å². The van der Waals surface area contributed by atoms with Crippen molar-refractivity contribution in [1.82, 2.24) is 4.98 Å². The van der Waals surface area contributed by atoms with E-state index in [1.54, 1.807) is 6.20 Å². The van der Waals surface area contributed by atoms with E-state index in [-0.39, 0.29) is 0 Å². The molecule has 3 nitrogen and oxygen atoms in total. The number of hydrogen-bond acceptors (Lipinski definition) is 2. The molecular weight excluding hydrogens is 260 g/mol. The molecular formula is C18H27N2O+. The lowest BCUT2D eigenvalue weighted by Gasteiger charge is -2.05. The predicted molar refractivity (Wildman–Crippen MR) is 86.0 cm³/mol. The van der Waals surface area contributed by atoms with Crippen LogP contribution in [-0.2, 0) is 0 Å². The summed E-state index contributed by atoms with van der Waals surface area (Å²) in [6.07, 6.45) is 3.66. The zero-order valence-corrected chi connectivity index (χ0v) is 14.5. The van der Waals surface area contributed by atoms with Crippen molar-refractivity contribution in [3.8, 4) is 0 Å². The number of nitrogens with zero attached hydrogens (tertiary/aromatic N) is 2. The van der Waals surface area contributed by atoms with E-state index in [1.165, 1.54) is 27.0 Å². The van der Waals surface area contributed by atoms with Crippen molar-refractivity contribution in [3.63, 3.8) is 0 Å². The minimum Gasteiger partial charge on any atom is -0.285 e. The third-order valence-electron chi connectivity index (χ3n) is 4.50. The van der Waals surface area contributed by atoms with Crippen molar-refractivity contribution < 1.29 is 9.94 Å². The highest BCUT2D eigenvalue weighted by Crippen LogP contribution is 2.12. The first-order valence-corrected chi connectivity index (χ1v) is 7.24. The van der Waals surface area contributed by atoms with Crippen molar-refractivity contribution in [2.75, 3.05) is 0 Å². The second-order valence-electron chi connectivity index (χ2n) is 5.77. The van der Waals surface area contributed by atoms with Crippen LogP contribution in [0.3, 0.4) is 0 Å². The summed E-state index contributed by atoms with van der Waals surface area (Å²) in [6.45, 7) is 16.4. The van der Waals surface area contributed by atoms with E-state index in [0.717, 1.165) is 22.5 Å². The van der Waals surface area contributed by atoms with Crippen LogP contribution in [0.4, 0.5) is 0 Å². The molecule has 0 saturated carbocycles. The monoisotopic (exact) mass is 287 g/mol. The van der Waals surface area contributed by atoms with Crippen LogP contribution in [0.5, 0.6) is 0 Å². The molecule has 0 bridgehead atoms. The van der Waals surface area contributed by atoms with E-state index >= 15 is 0 Å². The third kappa shape index (κ3) is 3.81. The molecule has 0 atom stereocenters.